The molecule has 1 N–H and O–H groups in total. The van der Waals surface area contributed by atoms with Crippen molar-refractivity contribution in [3.05, 3.63) is 80.4 Å². The number of anilines is 1. The van der Waals surface area contributed by atoms with Gasteiger partial charge < -0.3 is 14.3 Å². The van der Waals surface area contributed by atoms with Crippen LogP contribution in [-0.2, 0) is 9.53 Å². The second kappa shape index (κ2) is 8.54. The lowest BCUT2D eigenvalue weighted by molar-refractivity contribution is -0.117. The summed E-state index contributed by atoms with van der Waals surface area (Å²) in [5, 5.41) is 13.6. The van der Waals surface area contributed by atoms with E-state index in [1.807, 2.05) is 17.5 Å². The number of carbonyl (C=O) groups excluding carboxylic acids is 3. The molecule has 0 fully saturated rings. The number of fused-ring (bicyclic) bond motifs is 1. The van der Waals surface area contributed by atoms with E-state index < -0.39 is 29.5 Å². The number of rotatable bonds is 6. The van der Waals surface area contributed by atoms with Crippen LogP contribution in [0.2, 0.25) is 0 Å². The molecule has 5 rings (SSSR count). The summed E-state index contributed by atoms with van der Waals surface area (Å²) in [6.45, 7) is 3.54. The first-order valence-electron chi connectivity index (χ1n) is 10.4. The summed E-state index contributed by atoms with van der Waals surface area (Å²) in [6.07, 6.45) is 0. The predicted octanol–water partition coefficient (Wildman–Crippen LogP) is 5.22. The lowest BCUT2D eigenvalue weighted by Gasteiger charge is -2.22. The summed E-state index contributed by atoms with van der Waals surface area (Å²) in [5.41, 5.74) is 0.819. The van der Waals surface area contributed by atoms with Gasteiger partial charge in [-0.3, -0.25) is 14.5 Å². The molecule has 1 aromatic carbocycles. The molecule has 0 bridgehead atoms. The van der Waals surface area contributed by atoms with Gasteiger partial charge in [-0.2, -0.15) is 0 Å². The number of hydrogen-bond donors (Lipinski definition) is 1. The summed E-state index contributed by atoms with van der Waals surface area (Å²) >= 11 is 2.31. The standard InChI is InChI=1S/C24H18N2O6S2/c1-3-31-23(30)21-12(2)25-24(34-21)26-18(16-9-6-10-33-16)17(20(28)22(26)29)19(27)15-11-13-7-4-5-8-14(13)32-15/h4-11,18,28H,3H2,1-2H3. The number of para-hydroxylation sites is 1. The lowest BCUT2D eigenvalue weighted by atomic mass is 10.0. The fraction of sp³-hybridized carbons (Fsp3) is 0.167. The molecular weight excluding hydrogens is 476 g/mol. The third-order valence-corrected chi connectivity index (χ3v) is 7.43. The number of thiazole rings is 1. The van der Waals surface area contributed by atoms with Crippen molar-refractivity contribution in [1.29, 1.82) is 0 Å². The molecule has 1 aliphatic rings. The number of esters is 1. The van der Waals surface area contributed by atoms with Crippen molar-refractivity contribution in [3.8, 4) is 0 Å². The van der Waals surface area contributed by atoms with Gasteiger partial charge in [0.2, 0.25) is 5.78 Å². The van der Waals surface area contributed by atoms with Gasteiger partial charge in [0.1, 0.15) is 16.5 Å². The molecule has 0 spiro atoms. The van der Waals surface area contributed by atoms with E-state index in [0.29, 0.717) is 16.2 Å². The smallest absolute Gasteiger partial charge is 0.350 e. The zero-order chi connectivity index (χ0) is 24.0. The highest BCUT2D eigenvalue weighted by Gasteiger charge is 2.47. The number of aryl methyl sites for hydroxylation is 1. The summed E-state index contributed by atoms with van der Waals surface area (Å²) in [7, 11) is 0. The van der Waals surface area contributed by atoms with Crippen LogP contribution >= 0.6 is 22.7 Å². The molecule has 0 radical (unpaired) electrons. The van der Waals surface area contributed by atoms with Crippen LogP contribution in [0.1, 0.15) is 43.8 Å². The molecule has 34 heavy (non-hydrogen) atoms. The quantitative estimate of drug-likeness (QED) is 0.289. The Morgan fingerprint density at radius 1 is 1.24 bits per heavy atom. The van der Waals surface area contributed by atoms with E-state index in [-0.39, 0.29) is 27.9 Å². The van der Waals surface area contributed by atoms with Gasteiger partial charge in [-0.05, 0) is 37.4 Å². The van der Waals surface area contributed by atoms with Crippen molar-refractivity contribution in [3.63, 3.8) is 0 Å². The van der Waals surface area contributed by atoms with Gasteiger partial charge >= 0.3 is 5.97 Å². The van der Waals surface area contributed by atoms with E-state index in [0.717, 1.165) is 16.7 Å². The molecular formula is C24H18N2O6S2. The van der Waals surface area contributed by atoms with Crippen molar-refractivity contribution in [2.24, 2.45) is 0 Å². The van der Waals surface area contributed by atoms with Gasteiger partial charge in [-0.15, -0.1) is 11.3 Å². The first-order chi connectivity index (χ1) is 16.4. The van der Waals surface area contributed by atoms with Gasteiger partial charge in [0, 0.05) is 10.3 Å². The third-order valence-electron chi connectivity index (χ3n) is 5.37. The molecule has 1 aliphatic heterocycles. The van der Waals surface area contributed by atoms with Gasteiger partial charge in [0.25, 0.3) is 5.91 Å². The molecule has 3 aromatic heterocycles. The van der Waals surface area contributed by atoms with Gasteiger partial charge in [0.15, 0.2) is 16.7 Å². The Bertz CT molecular complexity index is 1430. The molecule has 8 nitrogen and oxygen atoms in total. The Kier molecular flexibility index (Phi) is 5.54. The first-order valence-corrected chi connectivity index (χ1v) is 12.1. The third kappa shape index (κ3) is 3.51. The normalized spacial score (nSPS) is 16.0. The molecule has 1 amide bonds. The number of furan rings is 1. The van der Waals surface area contributed by atoms with Crippen molar-refractivity contribution in [2.45, 2.75) is 19.9 Å². The van der Waals surface area contributed by atoms with Gasteiger partial charge in [-0.25, -0.2) is 9.78 Å². The van der Waals surface area contributed by atoms with Crippen molar-refractivity contribution < 1.29 is 28.6 Å². The number of hydrogen-bond acceptors (Lipinski definition) is 9. The fourth-order valence-corrected chi connectivity index (χ4v) is 5.66. The Labute approximate surface area is 201 Å². The molecule has 1 atom stereocenters. The second-order valence-corrected chi connectivity index (χ2v) is 9.42. The largest absolute Gasteiger partial charge is 0.503 e. The maximum Gasteiger partial charge on any atom is 0.350 e. The SMILES string of the molecule is CCOC(=O)c1sc(N2C(=O)C(O)=C(C(=O)c3cc4ccccc4o3)C2c2cccs2)nc1C. The number of aliphatic hydroxyl groups excluding tert-OH is 1. The summed E-state index contributed by atoms with van der Waals surface area (Å²) in [4.78, 5) is 45.6. The van der Waals surface area contributed by atoms with Crippen molar-refractivity contribution in [1.82, 2.24) is 4.98 Å². The van der Waals surface area contributed by atoms with E-state index >= 15 is 0 Å². The van der Waals surface area contributed by atoms with Crippen LogP contribution in [0.15, 0.2) is 63.6 Å². The molecule has 10 heteroatoms. The zero-order valence-corrected chi connectivity index (χ0v) is 19.7. The Balaban J connectivity index is 1.60. The maximum atomic E-state index is 13.5. The Morgan fingerprint density at radius 2 is 2.03 bits per heavy atom. The van der Waals surface area contributed by atoms with Crippen LogP contribution in [0.4, 0.5) is 5.13 Å². The Morgan fingerprint density at radius 3 is 2.74 bits per heavy atom. The number of amides is 1. The van der Waals surface area contributed by atoms with E-state index in [2.05, 4.69) is 4.98 Å². The number of carbonyl (C=O) groups is 3. The van der Waals surface area contributed by atoms with E-state index in [1.54, 1.807) is 44.2 Å². The van der Waals surface area contributed by atoms with Crippen LogP contribution in [0.3, 0.4) is 0 Å². The number of aromatic nitrogens is 1. The van der Waals surface area contributed by atoms with Crippen LogP contribution in [0.5, 0.6) is 0 Å². The number of nitrogens with zero attached hydrogens (tertiary/aromatic N) is 2. The van der Waals surface area contributed by atoms with E-state index in [1.165, 1.54) is 16.2 Å². The number of aliphatic hydroxyl groups is 1. The molecule has 4 heterocycles. The van der Waals surface area contributed by atoms with Crippen LogP contribution in [-0.4, -0.2) is 34.4 Å². The molecule has 172 valence electrons. The highest BCUT2D eigenvalue weighted by molar-refractivity contribution is 7.17. The number of thiophene rings is 1. The highest BCUT2D eigenvalue weighted by Crippen LogP contribution is 2.45. The van der Waals surface area contributed by atoms with Gasteiger partial charge in [-0.1, -0.05) is 35.6 Å². The monoisotopic (exact) mass is 494 g/mol. The average molecular weight is 495 g/mol. The lowest BCUT2D eigenvalue weighted by Crippen LogP contribution is -2.30. The number of Topliss-reactive ketones (excluding diaryl/α,β-unsaturated/α-hetero) is 1. The second-order valence-electron chi connectivity index (χ2n) is 7.46. The summed E-state index contributed by atoms with van der Waals surface area (Å²) in [6, 6.07) is 11.4. The minimum Gasteiger partial charge on any atom is -0.503 e. The van der Waals surface area contributed by atoms with E-state index in [9.17, 15) is 19.5 Å². The number of ketones is 1. The van der Waals surface area contributed by atoms with E-state index in [4.69, 9.17) is 9.15 Å². The number of benzene rings is 1. The first kappa shape index (κ1) is 22.1. The zero-order valence-electron chi connectivity index (χ0n) is 18.1. The predicted molar refractivity (Wildman–Crippen MR) is 128 cm³/mol. The minimum absolute atomic E-state index is 0.0153. The molecule has 0 saturated carbocycles. The van der Waals surface area contributed by atoms with Crippen LogP contribution < -0.4 is 4.90 Å². The molecule has 1 unspecified atom stereocenters. The average Bonchev–Trinajstić information content (AvgIpc) is 3.60. The highest BCUT2D eigenvalue weighted by atomic mass is 32.1. The summed E-state index contributed by atoms with van der Waals surface area (Å²) in [5.74, 6) is -2.57. The molecule has 4 aromatic rings. The van der Waals surface area contributed by atoms with Crippen molar-refractivity contribution in [2.75, 3.05) is 11.5 Å². The topological polar surface area (TPSA) is 110 Å². The Hall–Kier alpha value is -3.76. The van der Waals surface area contributed by atoms with Crippen LogP contribution in [0, 0.1) is 6.92 Å². The van der Waals surface area contributed by atoms with Gasteiger partial charge in [0.05, 0.1) is 17.9 Å². The number of ether oxygens (including phenoxy) is 1. The molecule has 0 saturated heterocycles. The summed E-state index contributed by atoms with van der Waals surface area (Å²) < 4.78 is 10.8. The molecule has 0 aliphatic carbocycles. The van der Waals surface area contributed by atoms with Crippen molar-refractivity contribution >= 4 is 56.4 Å². The minimum atomic E-state index is -0.922. The van der Waals surface area contributed by atoms with Crippen LogP contribution in [0.25, 0.3) is 11.0 Å². The maximum absolute atomic E-state index is 13.5. The fourth-order valence-electron chi connectivity index (χ4n) is 3.85.